The first-order chi connectivity index (χ1) is 10.7. The molecule has 3 rings (SSSR count). The van der Waals surface area contributed by atoms with Crippen LogP contribution in [0.1, 0.15) is 36.5 Å². The lowest BCUT2D eigenvalue weighted by molar-refractivity contribution is 0.112. The van der Waals surface area contributed by atoms with E-state index in [-0.39, 0.29) is 0 Å². The zero-order valence-corrected chi connectivity index (χ0v) is 13.2. The van der Waals surface area contributed by atoms with Gasteiger partial charge in [0.15, 0.2) is 6.29 Å². The van der Waals surface area contributed by atoms with E-state index in [9.17, 15) is 4.79 Å². The summed E-state index contributed by atoms with van der Waals surface area (Å²) in [6, 6.07) is 7.70. The third-order valence-electron chi connectivity index (χ3n) is 4.13. The first kappa shape index (κ1) is 14.8. The van der Waals surface area contributed by atoms with Gasteiger partial charge in [-0.15, -0.1) is 0 Å². The first-order valence-corrected chi connectivity index (χ1v) is 7.94. The Bertz CT molecular complexity index is 680. The maximum absolute atomic E-state index is 11.5. The van der Waals surface area contributed by atoms with Crippen LogP contribution in [0, 0.1) is 5.92 Å². The molecule has 1 fully saturated rings. The third-order valence-corrected chi connectivity index (χ3v) is 4.13. The van der Waals surface area contributed by atoms with Gasteiger partial charge >= 0.3 is 0 Å². The standard InChI is InChI=1S/C18H22N2O2/c1-3-8-20(11-13-4-5-13)18-15(12-21)9-14-10-16(22-2)6-7-17(14)19-18/h6-7,9-10,12-13H,3-5,8,11H2,1-2H3. The van der Waals surface area contributed by atoms with Crippen molar-refractivity contribution in [2.24, 2.45) is 5.92 Å². The monoisotopic (exact) mass is 298 g/mol. The molecule has 1 aromatic heterocycles. The average molecular weight is 298 g/mol. The van der Waals surface area contributed by atoms with E-state index < -0.39 is 0 Å². The molecule has 0 amide bonds. The lowest BCUT2D eigenvalue weighted by Crippen LogP contribution is -2.28. The van der Waals surface area contributed by atoms with Crippen LogP contribution in [0.2, 0.25) is 0 Å². The summed E-state index contributed by atoms with van der Waals surface area (Å²) >= 11 is 0. The van der Waals surface area contributed by atoms with Gasteiger partial charge in [-0.25, -0.2) is 4.98 Å². The maximum atomic E-state index is 11.5. The van der Waals surface area contributed by atoms with Crippen molar-refractivity contribution in [3.63, 3.8) is 0 Å². The fraction of sp³-hybridized carbons (Fsp3) is 0.444. The van der Waals surface area contributed by atoms with Crippen LogP contribution in [0.3, 0.4) is 0 Å². The molecule has 1 aromatic carbocycles. The molecule has 0 saturated heterocycles. The number of methoxy groups -OCH3 is 1. The van der Waals surface area contributed by atoms with Crippen LogP contribution in [-0.4, -0.2) is 31.5 Å². The fourth-order valence-electron chi connectivity index (χ4n) is 2.79. The highest BCUT2D eigenvalue weighted by Crippen LogP contribution is 2.33. The lowest BCUT2D eigenvalue weighted by Gasteiger charge is -2.25. The Hall–Kier alpha value is -2.10. The van der Waals surface area contributed by atoms with Gasteiger partial charge in [0, 0.05) is 18.5 Å². The summed E-state index contributed by atoms with van der Waals surface area (Å²) in [7, 11) is 1.64. The number of rotatable bonds is 7. The van der Waals surface area contributed by atoms with Gasteiger partial charge in [0.05, 0.1) is 18.2 Å². The SMILES string of the molecule is CCCN(CC1CC1)c1nc2ccc(OC)cc2cc1C=O. The minimum Gasteiger partial charge on any atom is -0.497 e. The van der Waals surface area contributed by atoms with Crippen molar-refractivity contribution in [2.75, 3.05) is 25.1 Å². The second kappa shape index (κ2) is 6.34. The second-order valence-corrected chi connectivity index (χ2v) is 5.97. The molecule has 4 nitrogen and oxygen atoms in total. The highest BCUT2D eigenvalue weighted by molar-refractivity contribution is 5.92. The Kier molecular flexibility index (Phi) is 4.27. The first-order valence-electron chi connectivity index (χ1n) is 7.94. The summed E-state index contributed by atoms with van der Waals surface area (Å²) in [4.78, 5) is 18.6. The number of hydrogen-bond acceptors (Lipinski definition) is 4. The molecule has 2 aromatic rings. The number of aldehydes is 1. The number of fused-ring (bicyclic) bond motifs is 1. The Morgan fingerprint density at radius 2 is 2.18 bits per heavy atom. The zero-order valence-electron chi connectivity index (χ0n) is 13.2. The van der Waals surface area contributed by atoms with Crippen LogP contribution in [0.15, 0.2) is 24.3 Å². The summed E-state index contributed by atoms with van der Waals surface area (Å²) < 4.78 is 5.25. The van der Waals surface area contributed by atoms with Crippen molar-refractivity contribution in [1.82, 2.24) is 4.98 Å². The summed E-state index contributed by atoms with van der Waals surface area (Å²) in [5, 5.41) is 0.938. The topological polar surface area (TPSA) is 42.4 Å². The predicted octanol–water partition coefficient (Wildman–Crippen LogP) is 3.68. The molecule has 1 aliphatic rings. The molecule has 1 aliphatic carbocycles. The highest BCUT2D eigenvalue weighted by Gasteiger charge is 2.26. The van der Waals surface area contributed by atoms with Crippen molar-refractivity contribution >= 4 is 23.0 Å². The Balaban J connectivity index is 2.03. The Labute approximate surface area is 131 Å². The fourth-order valence-corrected chi connectivity index (χ4v) is 2.79. The van der Waals surface area contributed by atoms with E-state index in [0.29, 0.717) is 5.56 Å². The summed E-state index contributed by atoms with van der Waals surface area (Å²) in [5.41, 5.74) is 1.56. The molecule has 0 atom stereocenters. The predicted molar refractivity (Wildman–Crippen MR) is 88.9 cm³/mol. The van der Waals surface area contributed by atoms with Crippen LogP contribution < -0.4 is 9.64 Å². The van der Waals surface area contributed by atoms with E-state index in [1.807, 2.05) is 24.3 Å². The summed E-state index contributed by atoms with van der Waals surface area (Å²) in [6.07, 6.45) is 4.55. The number of carbonyl (C=O) groups is 1. The van der Waals surface area contributed by atoms with Crippen LogP contribution >= 0.6 is 0 Å². The number of hydrogen-bond donors (Lipinski definition) is 0. The molecular weight excluding hydrogens is 276 g/mol. The largest absolute Gasteiger partial charge is 0.497 e. The van der Waals surface area contributed by atoms with Crippen LogP contribution in [0.25, 0.3) is 10.9 Å². The molecule has 1 heterocycles. The van der Waals surface area contributed by atoms with Gasteiger partial charge in [-0.1, -0.05) is 6.92 Å². The zero-order chi connectivity index (χ0) is 15.5. The van der Waals surface area contributed by atoms with Crippen molar-refractivity contribution in [2.45, 2.75) is 26.2 Å². The van der Waals surface area contributed by atoms with Crippen molar-refractivity contribution in [3.05, 3.63) is 29.8 Å². The van der Waals surface area contributed by atoms with Crippen LogP contribution in [0.4, 0.5) is 5.82 Å². The minimum atomic E-state index is 0.662. The van der Waals surface area contributed by atoms with Crippen molar-refractivity contribution in [3.8, 4) is 5.75 Å². The molecule has 0 bridgehead atoms. The van der Waals surface area contributed by atoms with Crippen molar-refractivity contribution in [1.29, 1.82) is 0 Å². The molecule has 22 heavy (non-hydrogen) atoms. The van der Waals surface area contributed by atoms with Gasteiger partial charge in [-0.2, -0.15) is 0 Å². The normalized spacial score (nSPS) is 14.1. The van der Waals surface area contributed by atoms with Gasteiger partial charge in [-0.3, -0.25) is 4.79 Å². The number of anilines is 1. The van der Waals surface area contributed by atoms with E-state index in [2.05, 4.69) is 11.8 Å². The molecule has 0 unspecified atom stereocenters. The third kappa shape index (κ3) is 3.06. The molecule has 0 aliphatic heterocycles. The van der Waals surface area contributed by atoms with Crippen LogP contribution in [0.5, 0.6) is 5.75 Å². The molecule has 1 saturated carbocycles. The van der Waals surface area contributed by atoms with E-state index in [1.165, 1.54) is 12.8 Å². The Morgan fingerprint density at radius 1 is 1.36 bits per heavy atom. The quantitative estimate of drug-likeness (QED) is 0.731. The molecule has 0 spiro atoms. The van der Waals surface area contributed by atoms with Crippen molar-refractivity contribution < 1.29 is 9.53 Å². The smallest absolute Gasteiger partial charge is 0.153 e. The van der Waals surface area contributed by atoms with Gasteiger partial charge in [0.25, 0.3) is 0 Å². The van der Waals surface area contributed by atoms with E-state index >= 15 is 0 Å². The molecule has 4 heteroatoms. The molecule has 116 valence electrons. The van der Waals surface area contributed by atoms with Gasteiger partial charge in [0.2, 0.25) is 0 Å². The average Bonchev–Trinajstić information content (AvgIpc) is 3.36. The molecule has 0 N–H and O–H groups in total. The number of carbonyl (C=O) groups excluding carboxylic acids is 1. The van der Waals surface area contributed by atoms with Gasteiger partial charge in [-0.05, 0) is 49.4 Å². The Morgan fingerprint density at radius 3 is 2.82 bits per heavy atom. The minimum absolute atomic E-state index is 0.662. The number of benzene rings is 1. The van der Waals surface area contributed by atoms with E-state index in [1.54, 1.807) is 7.11 Å². The number of nitrogens with zero attached hydrogens (tertiary/aromatic N) is 2. The number of aromatic nitrogens is 1. The summed E-state index contributed by atoms with van der Waals surface area (Å²) in [5.74, 6) is 2.36. The lowest BCUT2D eigenvalue weighted by atomic mass is 10.1. The van der Waals surface area contributed by atoms with Gasteiger partial charge < -0.3 is 9.64 Å². The van der Waals surface area contributed by atoms with E-state index in [0.717, 1.165) is 54.2 Å². The van der Waals surface area contributed by atoms with Crippen LogP contribution in [-0.2, 0) is 0 Å². The number of pyridine rings is 1. The summed E-state index contributed by atoms with van der Waals surface area (Å²) in [6.45, 7) is 4.10. The van der Waals surface area contributed by atoms with Gasteiger partial charge in [0.1, 0.15) is 11.6 Å². The molecule has 0 radical (unpaired) electrons. The number of ether oxygens (including phenoxy) is 1. The second-order valence-electron chi connectivity index (χ2n) is 5.97. The molecular formula is C18H22N2O2. The van der Waals surface area contributed by atoms with E-state index in [4.69, 9.17) is 9.72 Å². The maximum Gasteiger partial charge on any atom is 0.153 e. The highest BCUT2D eigenvalue weighted by atomic mass is 16.5.